The maximum Gasteiger partial charge on any atom is 0.573 e. The van der Waals surface area contributed by atoms with Gasteiger partial charge in [-0.05, 0) is 37.0 Å². The highest BCUT2D eigenvalue weighted by molar-refractivity contribution is 5.95. The molecule has 9 heteroatoms. The molecule has 0 aromatic heterocycles. The molecule has 2 amide bonds. The molecule has 0 saturated heterocycles. The molecule has 2 rings (SSSR count). The average molecular weight is 397 g/mol. The lowest BCUT2D eigenvalue weighted by atomic mass is 9.79. The van der Waals surface area contributed by atoms with Crippen LogP contribution in [-0.4, -0.2) is 31.3 Å². The van der Waals surface area contributed by atoms with Crippen LogP contribution < -0.4 is 15.4 Å². The van der Waals surface area contributed by atoms with Crippen LogP contribution in [0.2, 0.25) is 0 Å². The zero-order chi connectivity index (χ0) is 20.6. The predicted molar refractivity (Wildman–Crippen MR) is 94.1 cm³/mol. The Morgan fingerprint density at radius 3 is 2.57 bits per heavy atom. The molecule has 1 atom stereocenters. The fourth-order valence-corrected chi connectivity index (χ4v) is 3.41. The fourth-order valence-electron chi connectivity index (χ4n) is 3.41. The lowest BCUT2D eigenvalue weighted by molar-refractivity contribution is -0.274. The van der Waals surface area contributed by atoms with Gasteiger partial charge in [0.2, 0.25) is 5.91 Å². The molecule has 0 radical (unpaired) electrons. The molecule has 1 aromatic carbocycles. The summed E-state index contributed by atoms with van der Waals surface area (Å²) in [4.78, 5) is 24.8. The molecule has 0 aliphatic heterocycles. The van der Waals surface area contributed by atoms with E-state index in [9.17, 15) is 22.8 Å². The minimum Gasteiger partial charge on any atom is -0.406 e. The van der Waals surface area contributed by atoms with Crippen molar-refractivity contribution in [3.8, 4) is 11.8 Å². The Kier molecular flexibility index (Phi) is 7.67. The van der Waals surface area contributed by atoms with E-state index in [0.29, 0.717) is 0 Å². The number of hydrogen-bond acceptors (Lipinski definition) is 4. The van der Waals surface area contributed by atoms with E-state index in [2.05, 4.69) is 15.4 Å². The van der Waals surface area contributed by atoms with Gasteiger partial charge in [-0.3, -0.25) is 9.59 Å². The summed E-state index contributed by atoms with van der Waals surface area (Å²) >= 11 is 0. The first-order valence-electron chi connectivity index (χ1n) is 9.09. The number of benzene rings is 1. The van der Waals surface area contributed by atoms with Gasteiger partial charge < -0.3 is 15.4 Å². The number of halogens is 3. The Labute approximate surface area is 161 Å². The quantitative estimate of drug-likeness (QED) is 0.692. The van der Waals surface area contributed by atoms with Gasteiger partial charge in [-0.2, -0.15) is 5.26 Å². The van der Waals surface area contributed by atoms with Crippen LogP contribution in [0.15, 0.2) is 24.3 Å². The maximum atomic E-state index is 12.4. The standard InChI is InChI=1S/C19H22F3N3O3/c20-19(21,22)28-15-8-4-7-14(11-15)17(26)25-12-16(18(27)24-10-9-23)13-5-2-1-3-6-13/h4,7-8,11,13,16H,1-3,5-6,10,12H2,(H,24,27)(H,25,26). The van der Waals surface area contributed by atoms with E-state index in [1.165, 1.54) is 12.1 Å². The van der Waals surface area contributed by atoms with Gasteiger partial charge in [0.1, 0.15) is 12.3 Å². The lowest BCUT2D eigenvalue weighted by Crippen LogP contribution is -2.43. The zero-order valence-corrected chi connectivity index (χ0v) is 15.2. The van der Waals surface area contributed by atoms with Crippen molar-refractivity contribution in [1.29, 1.82) is 5.26 Å². The molecule has 28 heavy (non-hydrogen) atoms. The first kappa shape index (κ1) is 21.5. The van der Waals surface area contributed by atoms with Gasteiger partial charge in [0, 0.05) is 12.1 Å². The zero-order valence-electron chi connectivity index (χ0n) is 15.2. The largest absolute Gasteiger partial charge is 0.573 e. The number of nitrogens with one attached hydrogen (secondary N) is 2. The molecule has 1 aliphatic carbocycles. The summed E-state index contributed by atoms with van der Waals surface area (Å²) in [7, 11) is 0. The van der Waals surface area contributed by atoms with Crippen molar-refractivity contribution < 1.29 is 27.5 Å². The number of ether oxygens (including phenoxy) is 1. The van der Waals surface area contributed by atoms with Gasteiger partial charge >= 0.3 is 6.36 Å². The summed E-state index contributed by atoms with van der Waals surface area (Å²) in [6.45, 7) is -0.0715. The second-order valence-corrected chi connectivity index (χ2v) is 6.67. The molecule has 152 valence electrons. The summed E-state index contributed by atoms with van der Waals surface area (Å²) < 4.78 is 40.8. The van der Waals surface area contributed by atoms with Crippen LogP contribution in [0, 0.1) is 23.2 Å². The number of nitrogens with zero attached hydrogens (tertiary/aromatic N) is 1. The Morgan fingerprint density at radius 2 is 1.93 bits per heavy atom. The number of amides is 2. The topological polar surface area (TPSA) is 91.2 Å². The van der Waals surface area contributed by atoms with Crippen LogP contribution in [0.5, 0.6) is 5.75 Å². The summed E-state index contributed by atoms with van der Waals surface area (Å²) in [5.41, 5.74) is 0.00146. The van der Waals surface area contributed by atoms with Crippen LogP contribution >= 0.6 is 0 Å². The third-order valence-electron chi connectivity index (χ3n) is 4.71. The average Bonchev–Trinajstić information content (AvgIpc) is 2.66. The van der Waals surface area contributed by atoms with Crippen molar-refractivity contribution in [3.05, 3.63) is 29.8 Å². The number of hydrogen-bond donors (Lipinski definition) is 2. The molecule has 1 fully saturated rings. The Morgan fingerprint density at radius 1 is 1.21 bits per heavy atom. The summed E-state index contributed by atoms with van der Waals surface area (Å²) in [6, 6.07) is 6.59. The number of nitriles is 1. The molecule has 0 bridgehead atoms. The smallest absolute Gasteiger partial charge is 0.406 e. The Hall–Kier alpha value is -2.76. The molecule has 6 nitrogen and oxygen atoms in total. The van der Waals surface area contributed by atoms with E-state index >= 15 is 0 Å². The highest BCUT2D eigenvalue weighted by Gasteiger charge is 2.32. The van der Waals surface area contributed by atoms with Crippen LogP contribution in [-0.2, 0) is 4.79 Å². The number of rotatable bonds is 7. The molecule has 0 heterocycles. The van der Waals surface area contributed by atoms with Gasteiger partial charge in [-0.15, -0.1) is 13.2 Å². The van der Waals surface area contributed by atoms with E-state index in [-0.39, 0.29) is 30.5 Å². The van der Waals surface area contributed by atoms with Gasteiger partial charge in [-0.25, -0.2) is 0 Å². The molecular weight excluding hydrogens is 375 g/mol. The number of alkyl halides is 3. The predicted octanol–water partition coefficient (Wildman–Crippen LogP) is 3.15. The lowest BCUT2D eigenvalue weighted by Gasteiger charge is -2.29. The normalized spacial score (nSPS) is 15.9. The van der Waals surface area contributed by atoms with Crippen molar-refractivity contribution >= 4 is 11.8 Å². The fraction of sp³-hybridized carbons (Fsp3) is 0.526. The molecule has 0 spiro atoms. The third kappa shape index (κ3) is 6.76. The van der Waals surface area contributed by atoms with Crippen molar-refractivity contribution in [2.45, 2.75) is 38.5 Å². The van der Waals surface area contributed by atoms with E-state index < -0.39 is 23.9 Å². The molecule has 1 aliphatic rings. The van der Waals surface area contributed by atoms with Crippen molar-refractivity contribution in [2.24, 2.45) is 11.8 Å². The van der Waals surface area contributed by atoms with Crippen molar-refractivity contribution in [1.82, 2.24) is 10.6 Å². The minimum absolute atomic E-state index is 0.00146. The summed E-state index contributed by atoms with van der Waals surface area (Å²) in [5, 5.41) is 13.8. The molecule has 2 N–H and O–H groups in total. The van der Waals surface area contributed by atoms with Crippen LogP contribution in [0.1, 0.15) is 42.5 Å². The Balaban J connectivity index is 2.03. The monoisotopic (exact) mass is 397 g/mol. The highest BCUT2D eigenvalue weighted by Crippen LogP contribution is 2.30. The van der Waals surface area contributed by atoms with Gasteiger partial charge in [0.05, 0.1) is 12.0 Å². The Bertz CT molecular complexity index is 725. The first-order valence-corrected chi connectivity index (χ1v) is 9.09. The molecule has 1 aromatic rings. The van der Waals surface area contributed by atoms with E-state index in [1.807, 2.05) is 6.07 Å². The van der Waals surface area contributed by atoms with Gasteiger partial charge in [-0.1, -0.05) is 25.3 Å². The summed E-state index contributed by atoms with van der Waals surface area (Å²) in [5.74, 6) is -1.79. The minimum atomic E-state index is -4.85. The van der Waals surface area contributed by atoms with Crippen LogP contribution in [0.3, 0.4) is 0 Å². The van der Waals surface area contributed by atoms with Crippen LogP contribution in [0.25, 0.3) is 0 Å². The van der Waals surface area contributed by atoms with Gasteiger partial charge in [0.15, 0.2) is 0 Å². The SMILES string of the molecule is N#CCNC(=O)C(CNC(=O)c1cccc(OC(F)(F)F)c1)C1CCCCC1. The highest BCUT2D eigenvalue weighted by atomic mass is 19.4. The number of carbonyl (C=O) groups is 2. The van der Waals surface area contributed by atoms with Crippen LogP contribution in [0.4, 0.5) is 13.2 Å². The van der Waals surface area contributed by atoms with E-state index in [4.69, 9.17) is 5.26 Å². The first-order chi connectivity index (χ1) is 13.3. The van der Waals surface area contributed by atoms with E-state index in [0.717, 1.165) is 44.2 Å². The van der Waals surface area contributed by atoms with Gasteiger partial charge in [0.25, 0.3) is 5.91 Å². The summed E-state index contributed by atoms with van der Waals surface area (Å²) in [6.07, 6.45) is -0.0405. The second kappa shape index (κ2) is 9.97. The number of carbonyl (C=O) groups excluding carboxylic acids is 2. The van der Waals surface area contributed by atoms with Crippen molar-refractivity contribution in [2.75, 3.05) is 13.1 Å². The third-order valence-corrected chi connectivity index (χ3v) is 4.71. The molecular formula is C19H22F3N3O3. The second-order valence-electron chi connectivity index (χ2n) is 6.67. The molecule has 1 unspecified atom stereocenters. The van der Waals surface area contributed by atoms with E-state index in [1.54, 1.807) is 0 Å². The maximum absolute atomic E-state index is 12.4. The molecule has 1 saturated carbocycles. The van der Waals surface area contributed by atoms with Crippen molar-refractivity contribution in [3.63, 3.8) is 0 Å².